The standard InChI is InChI=1S/C22H26N4O/c27-22(13-18-16-23-20-8-4-3-7-19(18)20)25-15-17-9-10-21(24-14-17)26-11-5-1-2-6-12-26/h3-4,7-10,14,16,23H,1-2,5-6,11-13,15H2,(H,25,27). The summed E-state index contributed by atoms with van der Waals surface area (Å²) in [5, 5.41) is 4.11. The lowest BCUT2D eigenvalue weighted by molar-refractivity contribution is -0.120. The number of anilines is 1. The molecule has 0 unspecified atom stereocenters. The van der Waals surface area contributed by atoms with Crippen LogP contribution in [0.4, 0.5) is 5.82 Å². The van der Waals surface area contributed by atoms with Crippen molar-refractivity contribution >= 4 is 22.6 Å². The fourth-order valence-corrected chi connectivity index (χ4v) is 3.72. The molecule has 4 rings (SSSR count). The molecule has 0 spiro atoms. The Bertz CT molecular complexity index is 892. The molecule has 0 aliphatic carbocycles. The van der Waals surface area contributed by atoms with E-state index < -0.39 is 0 Å². The van der Waals surface area contributed by atoms with E-state index in [2.05, 4.69) is 32.3 Å². The summed E-state index contributed by atoms with van der Waals surface area (Å²) in [6.45, 7) is 2.69. The highest BCUT2D eigenvalue weighted by atomic mass is 16.1. The maximum absolute atomic E-state index is 12.3. The van der Waals surface area contributed by atoms with Crippen LogP contribution in [0.3, 0.4) is 0 Å². The number of benzene rings is 1. The van der Waals surface area contributed by atoms with Crippen LogP contribution in [0.1, 0.15) is 36.8 Å². The number of pyridine rings is 1. The number of amides is 1. The number of hydrogen-bond acceptors (Lipinski definition) is 3. The summed E-state index contributed by atoms with van der Waals surface area (Å²) in [6.07, 6.45) is 9.30. The molecule has 1 fully saturated rings. The van der Waals surface area contributed by atoms with Gasteiger partial charge >= 0.3 is 0 Å². The quantitative estimate of drug-likeness (QED) is 0.726. The third-order valence-corrected chi connectivity index (χ3v) is 5.25. The molecule has 2 N–H and O–H groups in total. The van der Waals surface area contributed by atoms with Crippen LogP contribution in [0.2, 0.25) is 0 Å². The number of carbonyl (C=O) groups excluding carboxylic acids is 1. The van der Waals surface area contributed by atoms with Gasteiger partial charge in [-0.1, -0.05) is 37.1 Å². The molecule has 1 aromatic carbocycles. The largest absolute Gasteiger partial charge is 0.361 e. The number of para-hydroxylation sites is 1. The first-order valence-electron chi connectivity index (χ1n) is 9.81. The lowest BCUT2D eigenvalue weighted by Gasteiger charge is -2.21. The van der Waals surface area contributed by atoms with Crippen molar-refractivity contribution in [2.45, 2.75) is 38.6 Å². The summed E-state index contributed by atoms with van der Waals surface area (Å²) in [5.74, 6) is 1.07. The summed E-state index contributed by atoms with van der Waals surface area (Å²) in [4.78, 5) is 22.5. The first-order chi connectivity index (χ1) is 13.3. The number of carbonyl (C=O) groups is 1. The Morgan fingerprint density at radius 3 is 2.67 bits per heavy atom. The van der Waals surface area contributed by atoms with Crippen molar-refractivity contribution in [2.24, 2.45) is 0 Å². The van der Waals surface area contributed by atoms with E-state index in [1.54, 1.807) is 0 Å². The van der Waals surface area contributed by atoms with Crippen LogP contribution in [0.15, 0.2) is 48.8 Å². The van der Waals surface area contributed by atoms with Gasteiger partial charge in [0.25, 0.3) is 0 Å². The Morgan fingerprint density at radius 2 is 1.89 bits per heavy atom. The van der Waals surface area contributed by atoms with Crippen molar-refractivity contribution in [1.29, 1.82) is 0 Å². The number of nitrogens with zero attached hydrogens (tertiary/aromatic N) is 2. The molecular weight excluding hydrogens is 336 g/mol. The molecule has 140 valence electrons. The summed E-state index contributed by atoms with van der Waals surface area (Å²) >= 11 is 0. The molecule has 5 heteroatoms. The van der Waals surface area contributed by atoms with Crippen LogP contribution < -0.4 is 10.2 Å². The number of aromatic amines is 1. The maximum Gasteiger partial charge on any atom is 0.224 e. The van der Waals surface area contributed by atoms with Gasteiger partial charge < -0.3 is 15.2 Å². The van der Waals surface area contributed by atoms with Gasteiger partial charge in [0.05, 0.1) is 6.42 Å². The fourth-order valence-electron chi connectivity index (χ4n) is 3.72. The molecule has 1 aliphatic rings. The third-order valence-electron chi connectivity index (χ3n) is 5.25. The zero-order valence-electron chi connectivity index (χ0n) is 15.6. The number of rotatable bonds is 5. The van der Waals surface area contributed by atoms with Gasteiger partial charge in [-0.25, -0.2) is 4.98 Å². The summed E-state index contributed by atoms with van der Waals surface area (Å²) in [5.41, 5.74) is 3.12. The van der Waals surface area contributed by atoms with Crippen LogP contribution in [-0.2, 0) is 17.8 Å². The Hall–Kier alpha value is -2.82. The van der Waals surface area contributed by atoms with Crippen LogP contribution >= 0.6 is 0 Å². The minimum atomic E-state index is 0.0244. The maximum atomic E-state index is 12.3. The molecular formula is C22H26N4O. The minimum absolute atomic E-state index is 0.0244. The van der Waals surface area contributed by atoms with E-state index in [9.17, 15) is 4.79 Å². The first kappa shape index (κ1) is 17.6. The summed E-state index contributed by atoms with van der Waals surface area (Å²) in [7, 11) is 0. The van der Waals surface area contributed by atoms with Crippen LogP contribution in [0, 0.1) is 0 Å². The van der Waals surface area contributed by atoms with Gasteiger partial charge in [0.15, 0.2) is 0 Å². The molecule has 1 saturated heterocycles. The smallest absolute Gasteiger partial charge is 0.224 e. The minimum Gasteiger partial charge on any atom is -0.361 e. The number of H-pyrrole nitrogens is 1. The molecule has 3 aromatic rings. The van der Waals surface area contributed by atoms with Crippen LogP contribution in [0.25, 0.3) is 10.9 Å². The number of fused-ring (bicyclic) bond motifs is 1. The second-order valence-electron chi connectivity index (χ2n) is 7.24. The van der Waals surface area contributed by atoms with E-state index in [0.29, 0.717) is 13.0 Å². The molecule has 27 heavy (non-hydrogen) atoms. The Morgan fingerprint density at radius 1 is 1.07 bits per heavy atom. The summed E-state index contributed by atoms with van der Waals surface area (Å²) in [6, 6.07) is 12.2. The number of hydrogen-bond donors (Lipinski definition) is 2. The van der Waals surface area contributed by atoms with E-state index in [-0.39, 0.29) is 5.91 Å². The van der Waals surface area contributed by atoms with Crippen LogP contribution in [0.5, 0.6) is 0 Å². The van der Waals surface area contributed by atoms with Crippen molar-refractivity contribution in [3.8, 4) is 0 Å². The molecule has 1 aliphatic heterocycles. The molecule has 0 atom stereocenters. The van der Waals surface area contributed by atoms with Gasteiger partial charge in [-0.3, -0.25) is 4.79 Å². The van der Waals surface area contributed by atoms with Crippen molar-refractivity contribution < 1.29 is 4.79 Å². The SMILES string of the molecule is O=C(Cc1c[nH]c2ccccc12)NCc1ccc(N2CCCCCC2)nc1. The van der Waals surface area contributed by atoms with Crippen LogP contribution in [-0.4, -0.2) is 29.0 Å². The van der Waals surface area contributed by atoms with Gasteiger partial charge in [-0.2, -0.15) is 0 Å². The molecule has 0 radical (unpaired) electrons. The lowest BCUT2D eigenvalue weighted by Crippen LogP contribution is -2.26. The van der Waals surface area contributed by atoms with Crippen molar-refractivity contribution in [1.82, 2.24) is 15.3 Å². The third kappa shape index (κ3) is 4.30. The highest BCUT2D eigenvalue weighted by molar-refractivity contribution is 5.88. The molecule has 0 bridgehead atoms. The van der Waals surface area contributed by atoms with Crippen molar-refractivity contribution in [3.05, 3.63) is 59.9 Å². The zero-order valence-corrected chi connectivity index (χ0v) is 15.6. The first-order valence-corrected chi connectivity index (χ1v) is 9.81. The molecule has 3 heterocycles. The second kappa shape index (κ2) is 8.25. The van der Waals surface area contributed by atoms with E-state index in [1.807, 2.05) is 36.7 Å². The average molecular weight is 362 g/mol. The normalized spacial score (nSPS) is 14.9. The predicted octanol–water partition coefficient (Wildman–Crippen LogP) is 3.80. The summed E-state index contributed by atoms with van der Waals surface area (Å²) < 4.78 is 0. The van der Waals surface area contributed by atoms with Crippen molar-refractivity contribution in [3.63, 3.8) is 0 Å². The highest BCUT2D eigenvalue weighted by Gasteiger charge is 2.11. The van der Waals surface area contributed by atoms with E-state index in [1.165, 1.54) is 25.7 Å². The topological polar surface area (TPSA) is 61.0 Å². The molecule has 5 nitrogen and oxygen atoms in total. The van der Waals surface area contributed by atoms with Gasteiger partial charge in [-0.15, -0.1) is 0 Å². The fraction of sp³-hybridized carbons (Fsp3) is 0.364. The molecule has 1 amide bonds. The highest BCUT2D eigenvalue weighted by Crippen LogP contribution is 2.19. The van der Waals surface area contributed by atoms with Gasteiger partial charge in [-0.05, 0) is 36.1 Å². The van der Waals surface area contributed by atoms with E-state index in [4.69, 9.17) is 0 Å². The lowest BCUT2D eigenvalue weighted by atomic mass is 10.1. The second-order valence-corrected chi connectivity index (χ2v) is 7.24. The zero-order chi connectivity index (χ0) is 18.5. The Balaban J connectivity index is 1.32. The van der Waals surface area contributed by atoms with E-state index >= 15 is 0 Å². The van der Waals surface area contributed by atoms with Crippen molar-refractivity contribution in [2.75, 3.05) is 18.0 Å². The monoisotopic (exact) mass is 362 g/mol. The van der Waals surface area contributed by atoms with Gasteiger partial charge in [0, 0.05) is 42.9 Å². The predicted molar refractivity (Wildman–Crippen MR) is 109 cm³/mol. The Kier molecular flexibility index (Phi) is 5.37. The Labute approximate surface area is 159 Å². The van der Waals surface area contributed by atoms with E-state index in [0.717, 1.165) is 40.9 Å². The molecule has 2 aromatic heterocycles. The average Bonchev–Trinajstić information content (AvgIpc) is 2.92. The number of nitrogens with one attached hydrogen (secondary N) is 2. The van der Waals surface area contributed by atoms with Gasteiger partial charge in [0.2, 0.25) is 5.91 Å². The van der Waals surface area contributed by atoms with Gasteiger partial charge in [0.1, 0.15) is 5.82 Å². The molecule has 0 saturated carbocycles. The number of aromatic nitrogens is 2.